The number of aromatic hydroxyl groups is 1. The number of rotatable bonds is 3. The summed E-state index contributed by atoms with van der Waals surface area (Å²) in [6.45, 7) is 2.03. The van der Waals surface area contributed by atoms with E-state index in [2.05, 4.69) is 10.2 Å². The number of Topliss-reactive ketones (excluding diaryl/α,β-unsaturated/α-hetero) is 1. The van der Waals surface area contributed by atoms with Crippen LogP contribution in [0.25, 0.3) is 16.8 Å². The molecular weight excluding hydrogens is 400 g/mol. The zero-order chi connectivity index (χ0) is 20.8. The highest BCUT2D eigenvalue weighted by molar-refractivity contribution is 6.30. The molecule has 4 aromatic rings. The fourth-order valence-electron chi connectivity index (χ4n) is 4.25. The summed E-state index contributed by atoms with van der Waals surface area (Å²) in [4.78, 5) is 12.9. The molecular formula is C23H19ClN4O2. The minimum atomic E-state index is -0.137. The number of phenols is 1. The van der Waals surface area contributed by atoms with Gasteiger partial charge in [-0.15, -0.1) is 10.2 Å². The van der Waals surface area contributed by atoms with Gasteiger partial charge in [0.2, 0.25) is 0 Å². The van der Waals surface area contributed by atoms with Crippen molar-refractivity contribution in [3.05, 3.63) is 76.2 Å². The summed E-state index contributed by atoms with van der Waals surface area (Å²) in [6.07, 6.45) is 1.54. The average molecular weight is 419 g/mol. The molecule has 0 radical (unpaired) electrons. The highest BCUT2D eigenvalue weighted by atomic mass is 35.5. The number of hydrogen-bond donors (Lipinski definition) is 1. The molecule has 2 aromatic heterocycles. The molecule has 1 N–H and O–H groups in total. The Morgan fingerprint density at radius 2 is 1.97 bits per heavy atom. The number of carbonyl (C=O) groups is 1. The normalized spacial score (nSPS) is 16.1. The maximum Gasteiger partial charge on any atom is 0.185 e. The van der Waals surface area contributed by atoms with Crippen LogP contribution < -0.4 is 0 Å². The number of halogens is 1. The van der Waals surface area contributed by atoms with E-state index in [1.165, 1.54) is 0 Å². The van der Waals surface area contributed by atoms with Crippen LogP contribution in [0.1, 0.15) is 46.7 Å². The molecule has 0 amide bonds. The molecule has 1 atom stereocenters. The zero-order valence-electron chi connectivity index (χ0n) is 16.3. The lowest BCUT2D eigenvalue weighted by atomic mass is 9.83. The van der Waals surface area contributed by atoms with E-state index in [1.54, 1.807) is 16.6 Å². The van der Waals surface area contributed by atoms with Crippen LogP contribution in [0.3, 0.4) is 0 Å². The molecule has 0 saturated carbocycles. The fourth-order valence-corrected chi connectivity index (χ4v) is 4.44. The van der Waals surface area contributed by atoms with Gasteiger partial charge in [0.25, 0.3) is 0 Å². The van der Waals surface area contributed by atoms with Gasteiger partial charge >= 0.3 is 0 Å². The minimum absolute atomic E-state index is 0.0863. The van der Waals surface area contributed by atoms with Gasteiger partial charge < -0.3 is 5.11 Å². The summed E-state index contributed by atoms with van der Waals surface area (Å²) in [7, 11) is 0. The van der Waals surface area contributed by atoms with E-state index < -0.39 is 0 Å². The molecule has 0 saturated heterocycles. The van der Waals surface area contributed by atoms with E-state index in [-0.39, 0.29) is 23.9 Å². The molecule has 0 aliphatic heterocycles. The predicted octanol–water partition coefficient (Wildman–Crippen LogP) is 4.63. The van der Waals surface area contributed by atoms with Crippen LogP contribution in [0, 0.1) is 0 Å². The second-order valence-corrected chi connectivity index (χ2v) is 7.94. The number of fused-ring (bicyclic) bond motifs is 3. The van der Waals surface area contributed by atoms with Gasteiger partial charge in [-0.25, -0.2) is 4.52 Å². The van der Waals surface area contributed by atoms with Gasteiger partial charge in [0, 0.05) is 17.4 Å². The van der Waals surface area contributed by atoms with Crippen molar-refractivity contribution in [2.75, 3.05) is 0 Å². The van der Waals surface area contributed by atoms with Crippen LogP contribution in [-0.2, 0) is 12.8 Å². The maximum absolute atomic E-state index is 12.9. The van der Waals surface area contributed by atoms with Crippen molar-refractivity contribution in [2.24, 2.45) is 0 Å². The van der Waals surface area contributed by atoms with E-state index in [1.807, 2.05) is 43.3 Å². The van der Waals surface area contributed by atoms with E-state index in [0.29, 0.717) is 29.2 Å². The number of aryl methyl sites for hydroxylation is 1. The Labute approximate surface area is 178 Å². The second-order valence-electron chi connectivity index (χ2n) is 7.50. The van der Waals surface area contributed by atoms with Crippen LogP contribution in [0.2, 0.25) is 5.02 Å². The van der Waals surface area contributed by atoms with Gasteiger partial charge in [0.05, 0.1) is 17.0 Å². The molecule has 2 aromatic carbocycles. The summed E-state index contributed by atoms with van der Waals surface area (Å²) >= 11 is 6.21. The van der Waals surface area contributed by atoms with Crippen molar-refractivity contribution in [1.29, 1.82) is 0 Å². The predicted molar refractivity (Wildman–Crippen MR) is 114 cm³/mol. The molecule has 2 heterocycles. The Morgan fingerprint density at radius 3 is 2.73 bits per heavy atom. The first kappa shape index (κ1) is 18.8. The monoisotopic (exact) mass is 418 g/mol. The first-order valence-corrected chi connectivity index (χ1v) is 10.3. The summed E-state index contributed by atoms with van der Waals surface area (Å²) in [5, 5.41) is 24.4. The molecule has 0 fully saturated rings. The number of hydrogen-bond acceptors (Lipinski definition) is 5. The summed E-state index contributed by atoms with van der Waals surface area (Å²) < 4.78 is 1.75. The first-order valence-electron chi connectivity index (χ1n) is 9.91. The van der Waals surface area contributed by atoms with Crippen LogP contribution in [0.15, 0.2) is 48.5 Å². The number of para-hydroxylation sites is 1. The maximum atomic E-state index is 12.9. The molecule has 7 heteroatoms. The van der Waals surface area contributed by atoms with E-state index >= 15 is 0 Å². The van der Waals surface area contributed by atoms with Crippen molar-refractivity contribution in [3.63, 3.8) is 0 Å². The Balaban J connectivity index is 1.70. The van der Waals surface area contributed by atoms with Crippen molar-refractivity contribution in [2.45, 2.75) is 32.1 Å². The van der Waals surface area contributed by atoms with Crippen LogP contribution in [-0.4, -0.2) is 30.7 Å². The summed E-state index contributed by atoms with van der Waals surface area (Å²) in [5.41, 5.74) is 5.13. The largest absolute Gasteiger partial charge is 0.508 e. The topological polar surface area (TPSA) is 80.4 Å². The Kier molecular flexibility index (Phi) is 4.51. The quantitative estimate of drug-likeness (QED) is 0.524. The Bertz CT molecular complexity index is 1300. The third-order valence-corrected chi connectivity index (χ3v) is 5.90. The smallest absolute Gasteiger partial charge is 0.185 e. The Hall–Kier alpha value is -3.25. The third kappa shape index (κ3) is 2.95. The molecule has 0 unspecified atom stereocenters. The molecule has 1 aliphatic carbocycles. The molecule has 30 heavy (non-hydrogen) atoms. The highest BCUT2D eigenvalue weighted by Crippen LogP contribution is 2.37. The minimum Gasteiger partial charge on any atom is -0.508 e. The van der Waals surface area contributed by atoms with E-state index in [0.717, 1.165) is 28.1 Å². The first-order chi connectivity index (χ1) is 14.6. The number of phenolic OH excluding ortho intramolecular Hbond substituents is 1. The van der Waals surface area contributed by atoms with Crippen molar-refractivity contribution in [3.8, 4) is 16.9 Å². The molecule has 0 spiro atoms. The van der Waals surface area contributed by atoms with Gasteiger partial charge in [0.15, 0.2) is 17.1 Å². The van der Waals surface area contributed by atoms with Gasteiger partial charge in [-0.05, 0) is 42.2 Å². The van der Waals surface area contributed by atoms with Crippen molar-refractivity contribution in [1.82, 2.24) is 19.8 Å². The number of benzene rings is 2. The lowest BCUT2D eigenvalue weighted by Gasteiger charge is -2.23. The van der Waals surface area contributed by atoms with Crippen LogP contribution >= 0.6 is 11.6 Å². The molecule has 5 rings (SSSR count). The van der Waals surface area contributed by atoms with E-state index in [4.69, 9.17) is 16.7 Å². The van der Waals surface area contributed by atoms with Gasteiger partial charge in [0.1, 0.15) is 5.75 Å². The lowest BCUT2D eigenvalue weighted by molar-refractivity contribution is 0.0955. The van der Waals surface area contributed by atoms with Gasteiger partial charge in [-0.1, -0.05) is 48.9 Å². The van der Waals surface area contributed by atoms with Gasteiger partial charge in [-0.2, -0.15) is 5.10 Å². The molecule has 150 valence electrons. The third-order valence-electron chi connectivity index (χ3n) is 5.67. The Morgan fingerprint density at radius 1 is 1.13 bits per heavy atom. The standard InChI is InChI=1S/C23H19ClN4O2/c1-2-17-21(13-6-5-7-15(24)10-13)23-26-25-22-18(28(23)27-17)11-14(12-20(22)30)16-8-3-4-9-19(16)29/h3-10,14,29H,2,11-12H2,1H3/t14-/m1/s1. The summed E-state index contributed by atoms with van der Waals surface area (Å²) in [5.74, 6) is -0.0226. The molecule has 1 aliphatic rings. The number of nitrogens with zero attached hydrogens (tertiary/aromatic N) is 4. The fraction of sp³-hybridized carbons (Fsp3) is 0.217. The molecule has 6 nitrogen and oxygen atoms in total. The zero-order valence-corrected chi connectivity index (χ0v) is 17.1. The van der Waals surface area contributed by atoms with Crippen LogP contribution in [0.4, 0.5) is 0 Å². The van der Waals surface area contributed by atoms with Crippen LogP contribution in [0.5, 0.6) is 5.75 Å². The molecule has 0 bridgehead atoms. The highest BCUT2D eigenvalue weighted by Gasteiger charge is 2.32. The number of ketones is 1. The SMILES string of the molecule is CCc1nn2c3c(nnc2c1-c1cccc(Cl)c1)C(=O)C[C@H](c1ccccc1O)C3. The van der Waals surface area contributed by atoms with Crippen molar-refractivity contribution < 1.29 is 9.90 Å². The lowest BCUT2D eigenvalue weighted by Crippen LogP contribution is -2.24. The van der Waals surface area contributed by atoms with Gasteiger partial charge in [-0.3, -0.25) is 4.79 Å². The number of carbonyl (C=O) groups excluding carboxylic acids is 1. The number of aromatic nitrogens is 4. The average Bonchev–Trinajstić information content (AvgIpc) is 3.13. The van der Waals surface area contributed by atoms with Crippen molar-refractivity contribution >= 4 is 23.0 Å². The summed E-state index contributed by atoms with van der Waals surface area (Å²) in [6, 6.07) is 14.7. The van der Waals surface area contributed by atoms with E-state index in [9.17, 15) is 9.90 Å². The second kappa shape index (κ2) is 7.22.